The fourth-order valence-corrected chi connectivity index (χ4v) is 2.50. The lowest BCUT2D eigenvalue weighted by molar-refractivity contribution is 0.262. The van der Waals surface area contributed by atoms with Crippen molar-refractivity contribution in [3.05, 3.63) is 51.0 Å². The summed E-state index contributed by atoms with van der Waals surface area (Å²) in [5.74, 6) is 0.466. The molecule has 0 unspecified atom stereocenters. The molecule has 2 aromatic rings. The van der Waals surface area contributed by atoms with E-state index in [0.29, 0.717) is 10.3 Å². The summed E-state index contributed by atoms with van der Waals surface area (Å²) in [5, 5.41) is 5.41. The molecule has 0 aliphatic heterocycles. The zero-order valence-electron chi connectivity index (χ0n) is 10.1. The van der Waals surface area contributed by atoms with Crippen molar-refractivity contribution in [3.63, 3.8) is 0 Å². The van der Waals surface area contributed by atoms with Crippen molar-refractivity contribution in [2.24, 2.45) is 0 Å². The summed E-state index contributed by atoms with van der Waals surface area (Å²) in [6, 6.07) is 9.04. The van der Waals surface area contributed by atoms with Crippen LogP contribution in [0.5, 0.6) is 0 Å². The van der Waals surface area contributed by atoms with E-state index in [1.54, 1.807) is 6.20 Å². The Balaban J connectivity index is 2.03. The largest absolute Gasteiger partial charge is 0.324 e. The van der Waals surface area contributed by atoms with Crippen LogP contribution in [0.15, 0.2) is 45.5 Å². The van der Waals surface area contributed by atoms with E-state index in [-0.39, 0.29) is 6.03 Å². The third-order valence-corrected chi connectivity index (χ3v) is 3.39. The van der Waals surface area contributed by atoms with Crippen LogP contribution in [0.1, 0.15) is 5.56 Å². The SMILES string of the molecule is Cc1ccc(NC(=O)Nc2ncc(Br)cc2Br)cc1. The lowest BCUT2D eigenvalue weighted by Crippen LogP contribution is -2.20. The Kier molecular flexibility index (Phi) is 4.55. The molecule has 4 nitrogen and oxygen atoms in total. The highest BCUT2D eigenvalue weighted by atomic mass is 79.9. The summed E-state index contributed by atoms with van der Waals surface area (Å²) in [6.45, 7) is 1.99. The second-order valence-electron chi connectivity index (χ2n) is 3.93. The number of hydrogen-bond donors (Lipinski definition) is 2. The van der Waals surface area contributed by atoms with Crippen LogP contribution in [0.4, 0.5) is 16.3 Å². The molecule has 1 aromatic heterocycles. The number of benzene rings is 1. The van der Waals surface area contributed by atoms with Crippen LogP contribution in [0.3, 0.4) is 0 Å². The van der Waals surface area contributed by atoms with E-state index in [1.807, 2.05) is 37.3 Å². The molecular weight excluding hydrogens is 374 g/mol. The third kappa shape index (κ3) is 4.04. The average Bonchev–Trinajstić information content (AvgIpc) is 2.36. The molecule has 0 aliphatic rings. The van der Waals surface area contributed by atoms with Gasteiger partial charge in [0.05, 0.1) is 4.47 Å². The van der Waals surface area contributed by atoms with Gasteiger partial charge >= 0.3 is 6.03 Å². The Labute approximate surface area is 127 Å². The normalized spacial score (nSPS) is 10.1. The zero-order chi connectivity index (χ0) is 13.8. The first-order valence-electron chi connectivity index (χ1n) is 5.50. The van der Waals surface area contributed by atoms with Gasteiger partial charge in [0.1, 0.15) is 5.82 Å². The molecule has 0 saturated carbocycles. The maximum atomic E-state index is 11.8. The van der Waals surface area contributed by atoms with Gasteiger partial charge in [0.25, 0.3) is 0 Å². The van der Waals surface area contributed by atoms with Gasteiger partial charge in [-0.05, 0) is 57.0 Å². The monoisotopic (exact) mass is 383 g/mol. The molecule has 1 aromatic carbocycles. The smallest absolute Gasteiger partial charge is 0.308 e. The number of anilines is 2. The molecule has 2 N–H and O–H groups in total. The summed E-state index contributed by atoms with van der Waals surface area (Å²) in [4.78, 5) is 15.9. The van der Waals surface area contributed by atoms with Crippen molar-refractivity contribution in [2.45, 2.75) is 6.92 Å². The predicted molar refractivity (Wildman–Crippen MR) is 83.5 cm³/mol. The molecule has 0 radical (unpaired) electrons. The Morgan fingerprint density at radius 3 is 2.47 bits per heavy atom. The van der Waals surface area contributed by atoms with Gasteiger partial charge in [0.2, 0.25) is 0 Å². The molecule has 1 heterocycles. The van der Waals surface area contributed by atoms with Gasteiger partial charge < -0.3 is 5.32 Å². The molecule has 0 aliphatic carbocycles. The number of hydrogen-bond acceptors (Lipinski definition) is 2. The van der Waals surface area contributed by atoms with Crippen molar-refractivity contribution >= 4 is 49.4 Å². The standard InChI is InChI=1S/C13H11Br2N3O/c1-8-2-4-10(5-3-8)17-13(19)18-12-11(15)6-9(14)7-16-12/h2-7H,1H3,(H2,16,17,18,19). The van der Waals surface area contributed by atoms with Crippen molar-refractivity contribution < 1.29 is 4.79 Å². The van der Waals surface area contributed by atoms with E-state index < -0.39 is 0 Å². The molecule has 0 spiro atoms. The van der Waals surface area contributed by atoms with Crippen LogP contribution in [0.25, 0.3) is 0 Å². The Hall–Kier alpha value is -1.40. The van der Waals surface area contributed by atoms with Crippen LogP contribution < -0.4 is 10.6 Å². The van der Waals surface area contributed by atoms with E-state index in [1.165, 1.54) is 0 Å². The molecule has 0 atom stereocenters. The lowest BCUT2D eigenvalue weighted by Gasteiger charge is -2.08. The van der Waals surface area contributed by atoms with Gasteiger partial charge in [0.15, 0.2) is 0 Å². The van der Waals surface area contributed by atoms with Gasteiger partial charge in [-0.15, -0.1) is 0 Å². The first kappa shape index (κ1) is 14.0. The van der Waals surface area contributed by atoms with Gasteiger partial charge in [-0.1, -0.05) is 17.7 Å². The fourth-order valence-electron chi connectivity index (χ4n) is 1.41. The number of aryl methyl sites for hydroxylation is 1. The number of halogens is 2. The van der Waals surface area contributed by atoms with E-state index in [2.05, 4.69) is 47.5 Å². The number of pyridine rings is 1. The van der Waals surface area contributed by atoms with Crippen molar-refractivity contribution in [1.29, 1.82) is 0 Å². The lowest BCUT2D eigenvalue weighted by atomic mass is 10.2. The van der Waals surface area contributed by atoms with Gasteiger partial charge in [-0.3, -0.25) is 5.32 Å². The van der Waals surface area contributed by atoms with E-state index in [9.17, 15) is 4.79 Å². The van der Waals surface area contributed by atoms with Crippen LogP contribution >= 0.6 is 31.9 Å². The van der Waals surface area contributed by atoms with E-state index in [4.69, 9.17) is 0 Å². The molecule has 19 heavy (non-hydrogen) atoms. The van der Waals surface area contributed by atoms with Crippen molar-refractivity contribution in [1.82, 2.24) is 4.98 Å². The van der Waals surface area contributed by atoms with Gasteiger partial charge in [-0.25, -0.2) is 9.78 Å². The number of urea groups is 1. The summed E-state index contributed by atoms with van der Waals surface area (Å²) >= 11 is 6.64. The highest BCUT2D eigenvalue weighted by molar-refractivity contribution is 9.11. The second-order valence-corrected chi connectivity index (χ2v) is 5.70. The minimum Gasteiger partial charge on any atom is -0.308 e. The first-order chi connectivity index (χ1) is 9.04. The quantitative estimate of drug-likeness (QED) is 0.797. The Morgan fingerprint density at radius 1 is 1.16 bits per heavy atom. The maximum Gasteiger partial charge on any atom is 0.324 e. The van der Waals surface area contributed by atoms with Crippen LogP contribution in [0.2, 0.25) is 0 Å². The number of nitrogens with zero attached hydrogens (tertiary/aromatic N) is 1. The van der Waals surface area contributed by atoms with Crippen molar-refractivity contribution in [3.8, 4) is 0 Å². The zero-order valence-corrected chi connectivity index (χ0v) is 13.2. The highest BCUT2D eigenvalue weighted by Crippen LogP contribution is 2.23. The minimum atomic E-state index is -0.334. The number of amides is 2. The first-order valence-corrected chi connectivity index (χ1v) is 7.09. The summed E-state index contributed by atoms with van der Waals surface area (Å²) < 4.78 is 1.55. The molecule has 2 amide bonds. The molecule has 0 fully saturated rings. The highest BCUT2D eigenvalue weighted by Gasteiger charge is 2.07. The number of carbonyl (C=O) groups is 1. The molecular formula is C13H11Br2N3O. The van der Waals surface area contributed by atoms with Gasteiger partial charge in [0, 0.05) is 16.4 Å². The molecule has 0 saturated heterocycles. The Bertz CT molecular complexity index is 599. The van der Waals surface area contributed by atoms with Crippen molar-refractivity contribution in [2.75, 3.05) is 10.6 Å². The number of rotatable bonds is 2. The molecule has 0 bridgehead atoms. The van der Waals surface area contributed by atoms with Gasteiger partial charge in [-0.2, -0.15) is 0 Å². The van der Waals surface area contributed by atoms with Crippen LogP contribution in [-0.4, -0.2) is 11.0 Å². The summed E-state index contributed by atoms with van der Waals surface area (Å²) in [5.41, 5.74) is 1.87. The molecule has 2 rings (SSSR count). The number of aromatic nitrogens is 1. The van der Waals surface area contributed by atoms with Crippen LogP contribution in [0, 0.1) is 6.92 Å². The van der Waals surface area contributed by atoms with Crippen LogP contribution in [-0.2, 0) is 0 Å². The summed E-state index contributed by atoms with van der Waals surface area (Å²) in [6.07, 6.45) is 1.62. The summed E-state index contributed by atoms with van der Waals surface area (Å²) in [7, 11) is 0. The minimum absolute atomic E-state index is 0.334. The van der Waals surface area contributed by atoms with E-state index in [0.717, 1.165) is 15.7 Å². The average molecular weight is 385 g/mol. The Morgan fingerprint density at radius 2 is 1.84 bits per heavy atom. The number of carbonyl (C=O) groups excluding carboxylic acids is 1. The topological polar surface area (TPSA) is 54.0 Å². The fraction of sp³-hybridized carbons (Fsp3) is 0.0769. The van der Waals surface area contributed by atoms with E-state index >= 15 is 0 Å². The second kappa shape index (κ2) is 6.16. The third-order valence-electron chi connectivity index (χ3n) is 2.35. The maximum absolute atomic E-state index is 11.8. The molecule has 6 heteroatoms. The molecule has 98 valence electrons. The predicted octanol–water partition coefficient (Wildman–Crippen LogP) is 4.56. The number of nitrogens with one attached hydrogen (secondary N) is 2.